The highest BCUT2D eigenvalue weighted by atomic mass is 16.1. The molecule has 0 bridgehead atoms. The van der Waals surface area contributed by atoms with Crippen LogP contribution < -0.4 is 5.32 Å². The van der Waals surface area contributed by atoms with E-state index in [2.05, 4.69) is 29.2 Å². The number of nitrogens with one attached hydrogen (secondary N) is 1. The van der Waals surface area contributed by atoms with Crippen molar-refractivity contribution in [2.45, 2.75) is 52.0 Å². The van der Waals surface area contributed by atoms with Gasteiger partial charge >= 0.3 is 0 Å². The molecule has 112 valence electrons. The number of carbonyl (C=O) groups excluding carboxylic acids is 1. The summed E-state index contributed by atoms with van der Waals surface area (Å²) in [5.41, 5.74) is 1.63. The molecule has 0 radical (unpaired) electrons. The number of carbonyl (C=O) groups is 1. The van der Waals surface area contributed by atoms with Crippen molar-refractivity contribution in [3.8, 4) is 0 Å². The first kappa shape index (κ1) is 14.0. The van der Waals surface area contributed by atoms with Crippen LogP contribution in [-0.2, 0) is 4.79 Å². The van der Waals surface area contributed by atoms with E-state index in [1.54, 1.807) is 12.4 Å². The first-order valence-corrected chi connectivity index (χ1v) is 7.79. The summed E-state index contributed by atoms with van der Waals surface area (Å²) in [7, 11) is 0. The van der Waals surface area contributed by atoms with Crippen LogP contribution >= 0.6 is 0 Å². The fraction of sp³-hybridized carbons (Fsp3) is 0.562. The van der Waals surface area contributed by atoms with Crippen molar-refractivity contribution in [2.75, 3.05) is 5.32 Å². The lowest BCUT2D eigenvalue weighted by Gasteiger charge is -2.20. The molecule has 3 rings (SSSR count). The largest absolute Gasteiger partial charge is 0.324 e. The summed E-state index contributed by atoms with van der Waals surface area (Å²) in [6, 6.07) is 2.23. The Labute approximate surface area is 124 Å². The lowest BCUT2D eigenvalue weighted by atomic mass is 9.88. The maximum absolute atomic E-state index is 12.3. The van der Waals surface area contributed by atoms with E-state index in [1.165, 1.54) is 6.42 Å². The smallest absolute Gasteiger partial charge is 0.227 e. The van der Waals surface area contributed by atoms with Gasteiger partial charge in [-0.25, -0.2) is 9.67 Å². The van der Waals surface area contributed by atoms with Gasteiger partial charge in [-0.2, -0.15) is 5.10 Å². The number of hydrogen-bond acceptors (Lipinski definition) is 3. The molecule has 5 nitrogen and oxygen atoms in total. The van der Waals surface area contributed by atoms with E-state index in [4.69, 9.17) is 0 Å². The van der Waals surface area contributed by atoms with Crippen molar-refractivity contribution >= 4 is 22.6 Å². The Morgan fingerprint density at radius 3 is 2.76 bits per heavy atom. The zero-order chi connectivity index (χ0) is 14.8. The van der Waals surface area contributed by atoms with Gasteiger partial charge in [-0.1, -0.05) is 19.3 Å². The number of nitrogens with zero attached hydrogens (tertiary/aromatic N) is 3. The topological polar surface area (TPSA) is 59.8 Å². The second-order valence-electron chi connectivity index (χ2n) is 6.14. The third kappa shape index (κ3) is 2.91. The molecule has 0 spiro atoms. The molecule has 1 saturated carbocycles. The van der Waals surface area contributed by atoms with Gasteiger partial charge in [0.15, 0.2) is 5.65 Å². The van der Waals surface area contributed by atoms with Crippen LogP contribution in [0.5, 0.6) is 0 Å². The predicted octanol–water partition coefficient (Wildman–Crippen LogP) is 3.53. The van der Waals surface area contributed by atoms with E-state index in [-0.39, 0.29) is 17.9 Å². The van der Waals surface area contributed by atoms with Crippen LogP contribution in [0.1, 0.15) is 52.0 Å². The molecular weight excluding hydrogens is 264 g/mol. The summed E-state index contributed by atoms with van der Waals surface area (Å²) >= 11 is 0. The van der Waals surface area contributed by atoms with Gasteiger partial charge in [-0.15, -0.1) is 0 Å². The van der Waals surface area contributed by atoms with Gasteiger partial charge in [0.25, 0.3) is 0 Å². The second kappa shape index (κ2) is 5.84. The van der Waals surface area contributed by atoms with Gasteiger partial charge in [0.05, 0.1) is 18.1 Å². The summed E-state index contributed by atoms with van der Waals surface area (Å²) in [5.74, 6) is 0.292. The third-order valence-corrected chi connectivity index (χ3v) is 4.17. The number of aromatic nitrogens is 3. The lowest BCUT2D eigenvalue weighted by molar-refractivity contribution is -0.120. The van der Waals surface area contributed by atoms with Gasteiger partial charge < -0.3 is 5.32 Å². The molecule has 21 heavy (non-hydrogen) atoms. The van der Waals surface area contributed by atoms with Crippen LogP contribution in [-0.4, -0.2) is 20.7 Å². The average molecular weight is 286 g/mol. The Bertz CT molecular complexity index is 641. The Morgan fingerprint density at radius 1 is 1.29 bits per heavy atom. The van der Waals surface area contributed by atoms with Gasteiger partial charge in [-0.3, -0.25) is 4.79 Å². The molecule has 2 aromatic heterocycles. The van der Waals surface area contributed by atoms with Crippen molar-refractivity contribution in [1.29, 1.82) is 0 Å². The summed E-state index contributed by atoms with van der Waals surface area (Å²) < 4.78 is 1.89. The minimum absolute atomic E-state index is 0.132. The van der Waals surface area contributed by atoms with E-state index in [1.807, 2.05) is 10.7 Å². The van der Waals surface area contributed by atoms with Crippen molar-refractivity contribution in [2.24, 2.45) is 5.92 Å². The number of hydrogen-bond donors (Lipinski definition) is 1. The van der Waals surface area contributed by atoms with E-state index < -0.39 is 0 Å². The second-order valence-corrected chi connectivity index (χ2v) is 6.14. The van der Waals surface area contributed by atoms with Crippen LogP contribution in [0.2, 0.25) is 0 Å². The van der Waals surface area contributed by atoms with Crippen LogP contribution in [0.4, 0.5) is 5.69 Å². The standard InChI is InChI=1S/C16H22N4O/c1-11(2)20-15-13(9-18-20)8-14(10-17-15)19-16(21)12-6-4-3-5-7-12/h8-12H,3-7H2,1-2H3,(H,19,21). The Morgan fingerprint density at radius 2 is 2.05 bits per heavy atom. The minimum Gasteiger partial charge on any atom is -0.324 e. The van der Waals surface area contributed by atoms with E-state index in [9.17, 15) is 4.79 Å². The summed E-state index contributed by atoms with van der Waals surface area (Å²) in [5, 5.41) is 8.31. The van der Waals surface area contributed by atoms with Crippen LogP contribution in [0.3, 0.4) is 0 Å². The molecule has 1 N–H and O–H groups in total. The fourth-order valence-corrected chi connectivity index (χ4v) is 3.00. The first-order chi connectivity index (χ1) is 10.1. The first-order valence-electron chi connectivity index (χ1n) is 7.79. The number of amides is 1. The summed E-state index contributed by atoms with van der Waals surface area (Å²) in [6.07, 6.45) is 9.13. The lowest BCUT2D eigenvalue weighted by Crippen LogP contribution is -2.24. The van der Waals surface area contributed by atoms with Crippen LogP contribution in [0, 0.1) is 5.92 Å². The maximum atomic E-state index is 12.3. The van der Waals surface area contributed by atoms with Gasteiger partial charge in [0.1, 0.15) is 0 Å². The number of fused-ring (bicyclic) bond motifs is 1. The quantitative estimate of drug-likeness (QED) is 0.939. The number of pyridine rings is 1. The normalized spacial score (nSPS) is 16.5. The molecule has 1 amide bonds. The molecule has 1 aliphatic carbocycles. The summed E-state index contributed by atoms with van der Waals surface area (Å²) in [4.78, 5) is 16.7. The highest BCUT2D eigenvalue weighted by Gasteiger charge is 2.21. The van der Waals surface area contributed by atoms with Crippen molar-refractivity contribution in [1.82, 2.24) is 14.8 Å². The Kier molecular flexibility index (Phi) is 3.90. The molecule has 0 saturated heterocycles. The van der Waals surface area contributed by atoms with Gasteiger partial charge in [-0.05, 0) is 32.8 Å². The van der Waals surface area contributed by atoms with E-state index in [0.29, 0.717) is 0 Å². The molecule has 0 atom stereocenters. The minimum atomic E-state index is 0.132. The van der Waals surface area contributed by atoms with E-state index >= 15 is 0 Å². The number of rotatable bonds is 3. The van der Waals surface area contributed by atoms with Crippen LogP contribution in [0.25, 0.3) is 11.0 Å². The third-order valence-electron chi connectivity index (χ3n) is 4.17. The molecule has 0 unspecified atom stereocenters. The molecule has 2 aromatic rings. The van der Waals surface area contributed by atoms with Gasteiger partial charge in [0, 0.05) is 17.3 Å². The average Bonchev–Trinajstić information content (AvgIpc) is 2.91. The molecule has 0 aliphatic heterocycles. The molecule has 2 heterocycles. The summed E-state index contributed by atoms with van der Waals surface area (Å²) in [6.45, 7) is 4.15. The van der Waals surface area contributed by atoms with Crippen molar-refractivity contribution in [3.63, 3.8) is 0 Å². The van der Waals surface area contributed by atoms with Crippen molar-refractivity contribution < 1.29 is 4.79 Å². The highest BCUT2D eigenvalue weighted by molar-refractivity contribution is 5.94. The Hall–Kier alpha value is -1.91. The predicted molar refractivity (Wildman–Crippen MR) is 83.1 cm³/mol. The van der Waals surface area contributed by atoms with Gasteiger partial charge in [0.2, 0.25) is 5.91 Å². The van der Waals surface area contributed by atoms with Crippen LogP contribution in [0.15, 0.2) is 18.5 Å². The van der Waals surface area contributed by atoms with E-state index in [0.717, 1.165) is 42.4 Å². The SMILES string of the molecule is CC(C)n1ncc2cc(NC(=O)C3CCCCC3)cnc21. The number of anilines is 1. The Balaban J connectivity index is 1.76. The zero-order valence-corrected chi connectivity index (χ0v) is 12.7. The molecule has 5 heteroatoms. The monoisotopic (exact) mass is 286 g/mol. The fourth-order valence-electron chi connectivity index (χ4n) is 3.00. The maximum Gasteiger partial charge on any atom is 0.227 e. The highest BCUT2D eigenvalue weighted by Crippen LogP contribution is 2.25. The molecule has 1 aliphatic rings. The van der Waals surface area contributed by atoms with Crippen molar-refractivity contribution in [3.05, 3.63) is 18.5 Å². The molecule has 0 aromatic carbocycles. The molecule has 1 fully saturated rings. The zero-order valence-electron chi connectivity index (χ0n) is 12.7. The molecular formula is C16H22N4O.